The molecule has 0 saturated carbocycles. The summed E-state index contributed by atoms with van der Waals surface area (Å²) in [6, 6.07) is 62.9. The summed E-state index contributed by atoms with van der Waals surface area (Å²) in [5, 5.41) is 4.59. The summed E-state index contributed by atoms with van der Waals surface area (Å²) in [5.41, 5.74) is 16.4. The molecule has 2 heterocycles. The van der Waals surface area contributed by atoms with Crippen molar-refractivity contribution in [1.29, 1.82) is 0 Å². The van der Waals surface area contributed by atoms with Crippen molar-refractivity contribution in [3.8, 4) is 33.4 Å². The molecule has 3 heteroatoms. The maximum atomic E-state index is 6.58. The topological polar surface area (TPSA) is 29.5 Å². The average molecular weight is 694 g/mol. The number of fused-ring (bicyclic) bond motifs is 10. The van der Waals surface area contributed by atoms with Gasteiger partial charge >= 0.3 is 0 Å². The van der Waals surface area contributed by atoms with Gasteiger partial charge in [0.2, 0.25) is 0 Å². The minimum atomic E-state index is -0.216. The van der Waals surface area contributed by atoms with E-state index >= 15 is 0 Å². The van der Waals surface area contributed by atoms with Crippen molar-refractivity contribution in [2.75, 3.05) is 4.90 Å². The van der Waals surface area contributed by atoms with Crippen LogP contribution < -0.4 is 4.90 Å². The number of nitrogens with zero attached hydrogens (tertiary/aromatic N) is 1. The van der Waals surface area contributed by atoms with Crippen LogP contribution in [0.2, 0.25) is 0 Å². The van der Waals surface area contributed by atoms with Gasteiger partial charge in [0.15, 0.2) is 0 Å². The van der Waals surface area contributed by atoms with Crippen LogP contribution in [0.5, 0.6) is 0 Å². The number of anilines is 3. The molecule has 0 bridgehead atoms. The van der Waals surface area contributed by atoms with E-state index in [1.165, 1.54) is 33.4 Å². The van der Waals surface area contributed by atoms with Gasteiger partial charge in [0.1, 0.15) is 22.3 Å². The smallest absolute Gasteiger partial charge is 0.143 e. The molecular weight excluding hydrogens is 659 g/mol. The third kappa shape index (κ3) is 4.55. The molecule has 0 fully saturated rings. The molecule has 1 aliphatic carbocycles. The molecule has 54 heavy (non-hydrogen) atoms. The second-order valence-corrected chi connectivity index (χ2v) is 14.9. The zero-order valence-corrected chi connectivity index (χ0v) is 30.0. The normalized spacial score (nSPS) is 13.1. The quantitative estimate of drug-likeness (QED) is 0.180. The summed E-state index contributed by atoms with van der Waals surface area (Å²) >= 11 is 0. The van der Waals surface area contributed by atoms with Gasteiger partial charge in [-0.3, -0.25) is 0 Å². The second-order valence-electron chi connectivity index (χ2n) is 14.9. The maximum absolute atomic E-state index is 6.58. The lowest BCUT2D eigenvalue weighted by Gasteiger charge is -2.28. The monoisotopic (exact) mass is 693 g/mol. The minimum Gasteiger partial charge on any atom is -0.455 e. The van der Waals surface area contributed by atoms with Gasteiger partial charge in [-0.1, -0.05) is 141 Å². The van der Waals surface area contributed by atoms with E-state index in [0.29, 0.717) is 0 Å². The van der Waals surface area contributed by atoms with Gasteiger partial charge in [0.05, 0.1) is 0 Å². The number of rotatable bonds is 5. The standard InChI is InChI=1S/C51H35NO2/c1-51(2)44-30-29-42-40-14-7-9-18-47(40)54-50(42)48(44)43-28-27-37(31-45(43)51)52(35-23-19-33(20-24-35)32-11-4-3-5-12-32)36-25-21-34(22-26-36)38-15-10-16-41-39-13-6-8-17-46(39)53-49(38)41/h3-31H,1-2H3. The number of para-hydroxylation sites is 3. The number of hydrogen-bond donors (Lipinski definition) is 0. The summed E-state index contributed by atoms with van der Waals surface area (Å²) in [4.78, 5) is 2.37. The van der Waals surface area contributed by atoms with Gasteiger partial charge in [-0.2, -0.15) is 0 Å². The summed E-state index contributed by atoms with van der Waals surface area (Å²) in [5.74, 6) is 0. The number of benzene rings is 8. The molecule has 0 radical (unpaired) electrons. The molecule has 0 atom stereocenters. The van der Waals surface area contributed by atoms with E-state index in [0.717, 1.165) is 72.1 Å². The Labute approximate surface area is 313 Å². The lowest BCUT2D eigenvalue weighted by molar-refractivity contribution is 0.653. The first kappa shape index (κ1) is 30.8. The fourth-order valence-corrected chi connectivity index (χ4v) is 8.77. The molecule has 256 valence electrons. The Bertz CT molecular complexity index is 3060. The maximum Gasteiger partial charge on any atom is 0.143 e. The lowest BCUT2D eigenvalue weighted by atomic mass is 9.82. The Morgan fingerprint density at radius 1 is 0.389 bits per heavy atom. The van der Waals surface area contributed by atoms with E-state index in [4.69, 9.17) is 8.83 Å². The van der Waals surface area contributed by atoms with Crippen molar-refractivity contribution in [3.05, 3.63) is 187 Å². The zero-order valence-electron chi connectivity index (χ0n) is 30.0. The Kier molecular flexibility index (Phi) is 6.60. The van der Waals surface area contributed by atoms with E-state index in [9.17, 15) is 0 Å². The summed E-state index contributed by atoms with van der Waals surface area (Å²) in [7, 11) is 0. The van der Waals surface area contributed by atoms with Gasteiger partial charge in [-0.15, -0.1) is 0 Å². The van der Waals surface area contributed by atoms with Crippen molar-refractivity contribution in [3.63, 3.8) is 0 Å². The molecule has 0 unspecified atom stereocenters. The summed E-state index contributed by atoms with van der Waals surface area (Å²) in [6.07, 6.45) is 0. The largest absolute Gasteiger partial charge is 0.455 e. The van der Waals surface area contributed by atoms with Gasteiger partial charge < -0.3 is 13.7 Å². The van der Waals surface area contributed by atoms with E-state index in [1.54, 1.807) is 0 Å². The first-order chi connectivity index (χ1) is 26.5. The molecule has 0 amide bonds. The molecule has 11 rings (SSSR count). The third-order valence-electron chi connectivity index (χ3n) is 11.5. The first-order valence-electron chi connectivity index (χ1n) is 18.6. The van der Waals surface area contributed by atoms with Crippen molar-refractivity contribution >= 4 is 60.9 Å². The van der Waals surface area contributed by atoms with Crippen molar-refractivity contribution in [1.82, 2.24) is 0 Å². The molecule has 0 N–H and O–H groups in total. The predicted octanol–water partition coefficient (Wildman–Crippen LogP) is 14.6. The SMILES string of the molecule is CC1(C)c2cc(N(c3ccc(-c4ccccc4)cc3)c3ccc(-c4cccc5c4oc4ccccc45)cc3)ccc2-c2c1ccc1c2oc2ccccc21. The van der Waals surface area contributed by atoms with Gasteiger partial charge in [0.25, 0.3) is 0 Å². The van der Waals surface area contributed by atoms with Crippen molar-refractivity contribution in [2.45, 2.75) is 19.3 Å². The number of hydrogen-bond acceptors (Lipinski definition) is 3. The Hall–Kier alpha value is -6.84. The highest BCUT2D eigenvalue weighted by Crippen LogP contribution is 2.54. The molecule has 0 spiro atoms. The van der Waals surface area contributed by atoms with E-state index in [-0.39, 0.29) is 5.41 Å². The molecule has 0 aliphatic heterocycles. The first-order valence-corrected chi connectivity index (χ1v) is 18.6. The molecular formula is C51H35NO2. The molecule has 10 aromatic rings. The fourth-order valence-electron chi connectivity index (χ4n) is 8.77. The van der Waals surface area contributed by atoms with Crippen LogP contribution in [0.4, 0.5) is 17.1 Å². The van der Waals surface area contributed by atoms with Crippen molar-refractivity contribution in [2.24, 2.45) is 0 Å². The van der Waals surface area contributed by atoms with E-state index < -0.39 is 0 Å². The number of furan rings is 2. The van der Waals surface area contributed by atoms with Crippen LogP contribution in [0.25, 0.3) is 77.3 Å². The molecule has 2 aromatic heterocycles. The zero-order chi connectivity index (χ0) is 36.0. The Morgan fingerprint density at radius 2 is 0.944 bits per heavy atom. The van der Waals surface area contributed by atoms with Crippen LogP contribution in [0, 0.1) is 0 Å². The highest BCUT2D eigenvalue weighted by Gasteiger charge is 2.38. The predicted molar refractivity (Wildman–Crippen MR) is 224 cm³/mol. The fraction of sp³-hybridized carbons (Fsp3) is 0.0588. The second kappa shape index (κ2) is 11.6. The van der Waals surface area contributed by atoms with Gasteiger partial charge in [0, 0.05) is 55.1 Å². The third-order valence-corrected chi connectivity index (χ3v) is 11.5. The van der Waals surface area contributed by atoms with E-state index in [2.05, 4.69) is 176 Å². The van der Waals surface area contributed by atoms with Crippen LogP contribution in [-0.4, -0.2) is 0 Å². The molecule has 0 saturated heterocycles. The lowest BCUT2D eigenvalue weighted by Crippen LogP contribution is -2.16. The van der Waals surface area contributed by atoms with Crippen LogP contribution >= 0.6 is 0 Å². The summed E-state index contributed by atoms with van der Waals surface area (Å²) in [6.45, 7) is 4.67. The van der Waals surface area contributed by atoms with Crippen molar-refractivity contribution < 1.29 is 8.83 Å². The van der Waals surface area contributed by atoms with Crippen LogP contribution in [0.3, 0.4) is 0 Å². The highest BCUT2D eigenvalue weighted by atomic mass is 16.3. The Balaban J connectivity index is 1.05. The van der Waals surface area contributed by atoms with Crippen LogP contribution in [0.1, 0.15) is 25.0 Å². The van der Waals surface area contributed by atoms with Crippen LogP contribution in [0.15, 0.2) is 185 Å². The van der Waals surface area contributed by atoms with E-state index in [1.807, 2.05) is 18.2 Å². The minimum absolute atomic E-state index is 0.216. The van der Waals surface area contributed by atoms with Gasteiger partial charge in [-0.25, -0.2) is 0 Å². The highest BCUT2D eigenvalue weighted by molar-refractivity contribution is 6.12. The molecule has 8 aromatic carbocycles. The van der Waals surface area contributed by atoms with Crippen LogP contribution in [-0.2, 0) is 5.41 Å². The van der Waals surface area contributed by atoms with Gasteiger partial charge in [-0.05, 0) is 81.9 Å². The average Bonchev–Trinajstić information content (AvgIpc) is 3.87. The molecule has 3 nitrogen and oxygen atoms in total. The molecule has 1 aliphatic rings. The summed E-state index contributed by atoms with van der Waals surface area (Å²) < 4.78 is 13.0. The Morgan fingerprint density at radius 3 is 1.65 bits per heavy atom.